The van der Waals surface area contributed by atoms with E-state index in [0.717, 1.165) is 18.2 Å². The highest BCUT2D eigenvalue weighted by molar-refractivity contribution is 5.94. The molecule has 7 atom stereocenters. The summed E-state index contributed by atoms with van der Waals surface area (Å²) in [6.07, 6.45) is -4.02. The van der Waals surface area contributed by atoms with Crippen molar-refractivity contribution < 1.29 is 39.2 Å². The molecule has 0 aliphatic carbocycles. The summed E-state index contributed by atoms with van der Waals surface area (Å²) in [5, 5.41) is 41.7. The molecule has 0 radical (unpaired) electrons. The molecule has 244 valence electrons. The first-order chi connectivity index (χ1) is 21.5. The van der Waals surface area contributed by atoms with Gasteiger partial charge < -0.3 is 41.2 Å². The molecule has 7 unspecified atom stereocenters. The second-order valence-corrected chi connectivity index (χ2v) is 10.8. The highest BCUT2D eigenvalue weighted by Gasteiger charge is 2.55. The lowest BCUT2D eigenvalue weighted by Gasteiger charge is -2.45. The Morgan fingerprint density at radius 3 is 2.40 bits per heavy atom. The van der Waals surface area contributed by atoms with Crippen molar-refractivity contribution in [2.75, 3.05) is 20.2 Å². The molecule has 8 N–H and O–H groups in total. The van der Waals surface area contributed by atoms with Gasteiger partial charge in [-0.15, -0.1) is 0 Å². The first-order valence-electron chi connectivity index (χ1n) is 14.7. The van der Waals surface area contributed by atoms with Crippen LogP contribution in [0.4, 0.5) is 0 Å². The molecule has 14 nitrogen and oxygen atoms in total. The van der Waals surface area contributed by atoms with Gasteiger partial charge in [-0.05, 0) is 49.1 Å². The fraction of sp³-hybridized carbons (Fsp3) is 0.484. The molecule has 0 aromatic heterocycles. The average molecular weight is 627 g/mol. The van der Waals surface area contributed by atoms with E-state index in [4.69, 9.17) is 20.7 Å². The summed E-state index contributed by atoms with van der Waals surface area (Å²) in [6, 6.07) is 14.4. The maximum absolute atomic E-state index is 13.0. The van der Waals surface area contributed by atoms with Gasteiger partial charge in [0, 0.05) is 31.7 Å². The second kappa shape index (κ2) is 16.8. The third-order valence-corrected chi connectivity index (χ3v) is 7.49. The number of ether oxygens (including phenoxy) is 2. The SMILES string of the molecule is COC(=O)C1(N=CC(CCCCN)N=N)CC(O)C(NC(C)=O)C(C(O)C(O)CNC(=O)c2ccc(-c3ccccc3)cc2)O1. The van der Waals surface area contributed by atoms with Crippen LogP contribution in [-0.2, 0) is 19.1 Å². The summed E-state index contributed by atoms with van der Waals surface area (Å²) in [4.78, 5) is 42.0. The molecule has 0 bridgehead atoms. The van der Waals surface area contributed by atoms with E-state index in [0.29, 0.717) is 31.4 Å². The van der Waals surface area contributed by atoms with E-state index in [1.165, 1.54) is 13.1 Å². The number of nitrogens with two attached hydrogens (primary N) is 1. The van der Waals surface area contributed by atoms with Gasteiger partial charge >= 0.3 is 5.97 Å². The minimum absolute atomic E-state index is 0.316. The summed E-state index contributed by atoms with van der Waals surface area (Å²) in [5.41, 5.74) is 13.0. The predicted octanol–water partition coefficient (Wildman–Crippen LogP) is 0.928. The molecule has 0 spiro atoms. The number of carbonyl (C=O) groups is 3. The topological polar surface area (TPSA) is 229 Å². The van der Waals surface area contributed by atoms with Gasteiger partial charge in [0.05, 0.1) is 25.4 Å². The summed E-state index contributed by atoms with van der Waals surface area (Å²) < 4.78 is 10.9. The maximum atomic E-state index is 13.0. The van der Waals surface area contributed by atoms with Crippen LogP contribution in [0.1, 0.15) is 43.0 Å². The number of amides is 2. The Kier molecular flexibility index (Phi) is 13.2. The van der Waals surface area contributed by atoms with Gasteiger partial charge in [-0.25, -0.2) is 10.3 Å². The number of aliphatic hydroxyl groups is 3. The Bertz CT molecular complexity index is 1310. The van der Waals surface area contributed by atoms with Crippen LogP contribution in [0.15, 0.2) is 64.7 Å². The average Bonchev–Trinajstić information content (AvgIpc) is 3.05. The lowest BCUT2D eigenvalue weighted by molar-refractivity contribution is -0.226. The number of esters is 1. The van der Waals surface area contributed by atoms with Crippen LogP contribution >= 0.6 is 0 Å². The van der Waals surface area contributed by atoms with Crippen LogP contribution in [-0.4, -0.2) is 102 Å². The number of unbranched alkanes of at least 4 members (excludes halogenated alkanes) is 1. The number of hydrogen-bond acceptors (Lipinski definition) is 12. The van der Waals surface area contributed by atoms with Gasteiger partial charge in [-0.2, -0.15) is 5.11 Å². The first kappa shape index (κ1) is 35.4. The highest BCUT2D eigenvalue weighted by atomic mass is 16.6. The van der Waals surface area contributed by atoms with E-state index in [1.807, 2.05) is 30.3 Å². The highest BCUT2D eigenvalue weighted by Crippen LogP contribution is 2.34. The van der Waals surface area contributed by atoms with Gasteiger partial charge in [0.15, 0.2) is 0 Å². The normalized spacial score (nSPS) is 23.5. The lowest BCUT2D eigenvalue weighted by Crippen LogP contribution is -2.67. The number of benzene rings is 2. The zero-order chi connectivity index (χ0) is 33.0. The minimum Gasteiger partial charge on any atom is -0.465 e. The third-order valence-electron chi connectivity index (χ3n) is 7.49. The second-order valence-electron chi connectivity index (χ2n) is 10.8. The van der Waals surface area contributed by atoms with E-state index < -0.39 is 73.0 Å². The van der Waals surface area contributed by atoms with Crippen LogP contribution in [0.2, 0.25) is 0 Å². The third kappa shape index (κ3) is 9.45. The number of nitrogens with one attached hydrogen (secondary N) is 3. The molecule has 14 heteroatoms. The van der Waals surface area contributed by atoms with E-state index in [-0.39, 0.29) is 0 Å². The van der Waals surface area contributed by atoms with Gasteiger partial charge in [0.25, 0.3) is 11.6 Å². The van der Waals surface area contributed by atoms with Crippen LogP contribution in [0.3, 0.4) is 0 Å². The van der Waals surface area contributed by atoms with Crippen molar-refractivity contribution in [2.24, 2.45) is 15.8 Å². The maximum Gasteiger partial charge on any atom is 0.361 e. The Labute approximate surface area is 261 Å². The van der Waals surface area contributed by atoms with Gasteiger partial charge in [-0.1, -0.05) is 42.5 Å². The molecule has 1 saturated heterocycles. The van der Waals surface area contributed by atoms with Gasteiger partial charge in [0.1, 0.15) is 18.2 Å². The molecular formula is C31H42N6O8. The van der Waals surface area contributed by atoms with Crippen molar-refractivity contribution in [3.63, 3.8) is 0 Å². The molecule has 1 heterocycles. The smallest absolute Gasteiger partial charge is 0.361 e. The Morgan fingerprint density at radius 2 is 1.80 bits per heavy atom. The molecular weight excluding hydrogens is 584 g/mol. The summed E-state index contributed by atoms with van der Waals surface area (Å²) in [7, 11) is 1.09. The molecule has 1 aliphatic rings. The van der Waals surface area contributed by atoms with Crippen LogP contribution < -0.4 is 16.4 Å². The molecule has 2 amide bonds. The molecule has 3 rings (SSSR count). The zero-order valence-corrected chi connectivity index (χ0v) is 25.3. The molecule has 2 aromatic carbocycles. The standard InChI is InChI=1S/C31H42N6O8/c1-19(38)36-26-24(39)16-31(30(43)44-2,35-17-23(37-33)10-6-7-15-32)45-28(26)27(41)25(40)18-34-29(42)22-13-11-21(12-14-22)20-8-4-3-5-9-20/h3-5,8-9,11-14,17,23-28,33,39-41H,6-7,10,15-16,18,32H2,1-2H3,(H,34,42)(H,36,38). The van der Waals surface area contributed by atoms with E-state index in [2.05, 4.69) is 20.7 Å². The fourth-order valence-corrected chi connectivity index (χ4v) is 5.06. The predicted molar refractivity (Wildman–Crippen MR) is 164 cm³/mol. The van der Waals surface area contributed by atoms with Crippen molar-refractivity contribution in [1.82, 2.24) is 10.6 Å². The van der Waals surface area contributed by atoms with Crippen LogP contribution in [0.25, 0.3) is 11.1 Å². The fourth-order valence-electron chi connectivity index (χ4n) is 5.06. The van der Waals surface area contributed by atoms with E-state index >= 15 is 0 Å². The number of methoxy groups -OCH3 is 1. The quantitative estimate of drug-likeness (QED) is 0.0644. The van der Waals surface area contributed by atoms with Crippen molar-refractivity contribution >= 4 is 24.0 Å². The molecule has 2 aromatic rings. The number of carbonyl (C=O) groups excluding carboxylic acids is 3. The largest absolute Gasteiger partial charge is 0.465 e. The van der Waals surface area contributed by atoms with Crippen LogP contribution in [0.5, 0.6) is 0 Å². The number of nitrogens with zero attached hydrogens (tertiary/aromatic N) is 2. The molecule has 0 saturated carbocycles. The summed E-state index contributed by atoms with van der Waals surface area (Å²) >= 11 is 0. The molecule has 1 fully saturated rings. The summed E-state index contributed by atoms with van der Waals surface area (Å²) in [6.45, 7) is 1.22. The lowest BCUT2D eigenvalue weighted by atomic mass is 9.87. The Balaban J connectivity index is 1.78. The first-order valence-corrected chi connectivity index (χ1v) is 14.7. The Morgan fingerprint density at radius 1 is 1.13 bits per heavy atom. The zero-order valence-electron chi connectivity index (χ0n) is 25.3. The van der Waals surface area contributed by atoms with Gasteiger partial charge in [-0.3, -0.25) is 14.6 Å². The summed E-state index contributed by atoms with van der Waals surface area (Å²) in [5.74, 6) is -2.09. The van der Waals surface area contributed by atoms with Crippen LogP contribution in [0, 0.1) is 5.53 Å². The molecule has 1 aliphatic heterocycles. The Hall–Kier alpha value is -4.08. The number of rotatable bonds is 15. The number of hydrogen-bond donors (Lipinski definition) is 7. The van der Waals surface area contributed by atoms with E-state index in [1.54, 1.807) is 24.3 Å². The van der Waals surface area contributed by atoms with Crippen molar-refractivity contribution in [1.29, 1.82) is 5.53 Å². The van der Waals surface area contributed by atoms with Crippen molar-refractivity contribution in [3.8, 4) is 11.1 Å². The number of aliphatic hydroxyl groups excluding tert-OH is 3. The molecule has 45 heavy (non-hydrogen) atoms. The monoisotopic (exact) mass is 626 g/mol. The van der Waals surface area contributed by atoms with E-state index in [9.17, 15) is 29.7 Å². The number of aliphatic imine (C=N–C) groups is 1. The minimum atomic E-state index is -2.19. The van der Waals surface area contributed by atoms with Crippen molar-refractivity contribution in [3.05, 3.63) is 60.2 Å². The van der Waals surface area contributed by atoms with Crippen molar-refractivity contribution in [2.45, 2.75) is 74.8 Å². The van der Waals surface area contributed by atoms with Gasteiger partial charge in [0.2, 0.25) is 5.91 Å².